The van der Waals surface area contributed by atoms with Gasteiger partial charge in [0.2, 0.25) is 0 Å². The third-order valence-electron chi connectivity index (χ3n) is 4.63. The summed E-state index contributed by atoms with van der Waals surface area (Å²) in [5.74, 6) is 2.35. The summed E-state index contributed by atoms with van der Waals surface area (Å²) in [4.78, 5) is 20.7. The van der Waals surface area contributed by atoms with Gasteiger partial charge in [-0.2, -0.15) is 0 Å². The minimum absolute atomic E-state index is 0.0824. The van der Waals surface area contributed by atoms with Crippen LogP contribution in [-0.2, 0) is 11.2 Å². The molecule has 1 N–H and O–H groups in total. The van der Waals surface area contributed by atoms with Gasteiger partial charge >= 0.3 is 0 Å². The molecule has 0 saturated heterocycles. The van der Waals surface area contributed by atoms with Crippen LogP contribution in [0.5, 0.6) is 17.2 Å². The van der Waals surface area contributed by atoms with Crippen LogP contribution in [0, 0.1) is 0 Å². The number of fused-ring (bicyclic) bond motifs is 1. The van der Waals surface area contributed by atoms with Gasteiger partial charge < -0.3 is 19.5 Å². The summed E-state index contributed by atoms with van der Waals surface area (Å²) < 4.78 is 16.7. The van der Waals surface area contributed by atoms with Crippen LogP contribution in [-0.4, -0.2) is 42.2 Å². The number of carbonyl (C=O) groups is 1. The van der Waals surface area contributed by atoms with E-state index in [0.29, 0.717) is 35.3 Å². The lowest BCUT2D eigenvalue weighted by Gasteiger charge is -2.13. The maximum atomic E-state index is 12.2. The van der Waals surface area contributed by atoms with Gasteiger partial charge in [-0.15, -0.1) is 0 Å². The molecule has 2 heterocycles. The van der Waals surface area contributed by atoms with Crippen LogP contribution in [0.1, 0.15) is 5.56 Å². The van der Waals surface area contributed by atoms with Crippen molar-refractivity contribution in [1.29, 1.82) is 0 Å². The summed E-state index contributed by atoms with van der Waals surface area (Å²) in [7, 11) is 1.59. The highest BCUT2D eigenvalue weighted by atomic mass is 35.5. The fraction of sp³-hybridized carbons (Fsp3) is 0.227. The highest BCUT2D eigenvalue weighted by Crippen LogP contribution is 2.39. The molecule has 0 bridgehead atoms. The van der Waals surface area contributed by atoms with E-state index in [1.54, 1.807) is 55.9 Å². The van der Waals surface area contributed by atoms with E-state index < -0.39 is 0 Å². The lowest BCUT2D eigenvalue weighted by Crippen LogP contribution is -2.37. The third kappa shape index (κ3) is 4.63. The molecule has 1 aromatic heterocycles. The van der Waals surface area contributed by atoms with Crippen molar-refractivity contribution in [3.63, 3.8) is 0 Å². The summed E-state index contributed by atoms with van der Waals surface area (Å²) in [5.41, 5.74) is 1.72. The number of halogens is 1. The Labute approximate surface area is 179 Å². The molecular weight excluding hydrogens is 406 g/mol. The molecule has 1 aliphatic heterocycles. The van der Waals surface area contributed by atoms with E-state index in [9.17, 15) is 4.79 Å². The van der Waals surface area contributed by atoms with Crippen LogP contribution in [0.2, 0.25) is 5.02 Å². The molecule has 0 spiro atoms. The molecule has 1 atom stereocenters. The van der Waals surface area contributed by atoms with E-state index in [4.69, 9.17) is 25.8 Å². The van der Waals surface area contributed by atoms with Crippen LogP contribution in [0.3, 0.4) is 0 Å². The van der Waals surface area contributed by atoms with E-state index >= 15 is 0 Å². The lowest BCUT2D eigenvalue weighted by molar-refractivity contribution is -0.123. The normalized spacial score (nSPS) is 14.5. The fourth-order valence-electron chi connectivity index (χ4n) is 3.21. The second kappa shape index (κ2) is 9.00. The maximum Gasteiger partial charge on any atom is 0.258 e. The minimum Gasteiger partial charge on any atom is -0.497 e. The van der Waals surface area contributed by atoms with Gasteiger partial charge in [0.15, 0.2) is 12.4 Å². The van der Waals surface area contributed by atoms with Crippen LogP contribution >= 0.6 is 11.6 Å². The van der Waals surface area contributed by atoms with Gasteiger partial charge in [-0.25, -0.2) is 9.97 Å². The third-order valence-corrected chi connectivity index (χ3v) is 4.84. The lowest BCUT2D eigenvalue weighted by atomic mass is 10.1. The number of hydrogen-bond acceptors (Lipinski definition) is 6. The number of amides is 1. The van der Waals surface area contributed by atoms with Crippen molar-refractivity contribution in [2.75, 3.05) is 20.3 Å². The topological polar surface area (TPSA) is 82.6 Å². The number of benzene rings is 2. The van der Waals surface area contributed by atoms with Crippen molar-refractivity contribution in [2.24, 2.45) is 0 Å². The van der Waals surface area contributed by atoms with E-state index in [-0.39, 0.29) is 18.6 Å². The van der Waals surface area contributed by atoms with E-state index in [1.165, 1.54) is 0 Å². The first-order valence-corrected chi connectivity index (χ1v) is 9.80. The number of ether oxygens (including phenoxy) is 3. The number of nitrogens with one attached hydrogen (secondary N) is 1. The molecule has 2 aromatic carbocycles. The molecule has 7 nitrogen and oxygen atoms in total. The standard InChI is InChI=1S/C22H20ClN3O4/c1-28-16-3-5-17(6-4-16)29-13-20(27)26-12-18-10-14-9-15(23)11-19(21(14)30-18)22-24-7-2-8-25-22/h2-9,11,18H,10,12-13H2,1H3,(H,26,27)/t18-/m1/s1. The predicted molar refractivity (Wildman–Crippen MR) is 112 cm³/mol. The molecule has 0 saturated carbocycles. The predicted octanol–water partition coefficient (Wildman–Crippen LogP) is 3.30. The zero-order chi connectivity index (χ0) is 20.9. The van der Waals surface area contributed by atoms with Gasteiger partial charge in [-0.3, -0.25) is 4.79 Å². The Hall–Kier alpha value is -3.32. The number of nitrogens with zero attached hydrogens (tertiary/aromatic N) is 2. The van der Waals surface area contributed by atoms with Gasteiger partial charge in [0, 0.05) is 29.4 Å². The van der Waals surface area contributed by atoms with Crippen molar-refractivity contribution in [3.8, 4) is 28.6 Å². The second-order valence-electron chi connectivity index (χ2n) is 6.73. The average molecular weight is 426 g/mol. The zero-order valence-corrected chi connectivity index (χ0v) is 17.1. The van der Waals surface area contributed by atoms with E-state index in [0.717, 1.165) is 16.9 Å². The SMILES string of the molecule is COc1ccc(OCC(=O)NC[C@H]2Cc3cc(Cl)cc(-c4ncccn4)c3O2)cc1. The van der Waals surface area contributed by atoms with Crippen LogP contribution in [0.4, 0.5) is 0 Å². The molecule has 30 heavy (non-hydrogen) atoms. The zero-order valence-electron chi connectivity index (χ0n) is 16.3. The first kappa shape index (κ1) is 20.0. The van der Waals surface area contributed by atoms with Crippen molar-refractivity contribution >= 4 is 17.5 Å². The van der Waals surface area contributed by atoms with Gasteiger partial charge in [0.05, 0.1) is 19.2 Å². The summed E-state index contributed by atoms with van der Waals surface area (Å²) in [6.45, 7) is 0.271. The Bertz CT molecular complexity index is 1030. The molecule has 3 aromatic rings. The molecule has 0 fully saturated rings. The van der Waals surface area contributed by atoms with Gasteiger partial charge in [0.25, 0.3) is 5.91 Å². The summed E-state index contributed by atoms with van der Waals surface area (Å²) >= 11 is 6.27. The first-order valence-electron chi connectivity index (χ1n) is 9.42. The van der Waals surface area contributed by atoms with Crippen LogP contribution in [0.15, 0.2) is 54.9 Å². The Morgan fingerprint density at radius 3 is 2.67 bits per heavy atom. The minimum atomic E-state index is -0.227. The molecule has 8 heteroatoms. The van der Waals surface area contributed by atoms with E-state index in [2.05, 4.69) is 15.3 Å². The number of hydrogen-bond donors (Lipinski definition) is 1. The number of carbonyl (C=O) groups excluding carboxylic acids is 1. The first-order chi connectivity index (χ1) is 14.6. The van der Waals surface area contributed by atoms with Crippen molar-refractivity contribution in [1.82, 2.24) is 15.3 Å². The second-order valence-corrected chi connectivity index (χ2v) is 7.16. The summed E-state index contributed by atoms with van der Waals surface area (Å²) in [5, 5.41) is 3.44. The molecule has 1 amide bonds. The number of aromatic nitrogens is 2. The van der Waals surface area contributed by atoms with Gasteiger partial charge in [-0.1, -0.05) is 11.6 Å². The Morgan fingerprint density at radius 1 is 1.20 bits per heavy atom. The van der Waals surface area contributed by atoms with Crippen LogP contribution in [0.25, 0.3) is 11.4 Å². The van der Waals surface area contributed by atoms with Crippen LogP contribution < -0.4 is 19.5 Å². The van der Waals surface area contributed by atoms with Crippen molar-refractivity contribution in [2.45, 2.75) is 12.5 Å². The molecule has 0 aliphatic carbocycles. The number of methoxy groups -OCH3 is 1. The maximum absolute atomic E-state index is 12.2. The molecule has 0 radical (unpaired) electrons. The van der Waals surface area contributed by atoms with Crippen molar-refractivity contribution in [3.05, 3.63) is 65.4 Å². The molecule has 1 aliphatic rings. The monoisotopic (exact) mass is 425 g/mol. The molecule has 154 valence electrons. The Morgan fingerprint density at radius 2 is 1.93 bits per heavy atom. The van der Waals surface area contributed by atoms with Gasteiger partial charge in [0.1, 0.15) is 23.4 Å². The fourth-order valence-corrected chi connectivity index (χ4v) is 3.45. The smallest absolute Gasteiger partial charge is 0.258 e. The average Bonchev–Trinajstić information content (AvgIpc) is 3.19. The Kier molecular flexibility index (Phi) is 5.99. The Balaban J connectivity index is 1.33. The highest BCUT2D eigenvalue weighted by molar-refractivity contribution is 6.31. The largest absolute Gasteiger partial charge is 0.497 e. The summed E-state index contributed by atoms with van der Waals surface area (Å²) in [6.07, 6.45) is 3.77. The highest BCUT2D eigenvalue weighted by Gasteiger charge is 2.27. The van der Waals surface area contributed by atoms with E-state index in [1.807, 2.05) is 6.07 Å². The van der Waals surface area contributed by atoms with Gasteiger partial charge in [-0.05, 0) is 42.5 Å². The molecule has 0 unspecified atom stereocenters. The number of rotatable bonds is 7. The molecular formula is C22H20ClN3O4. The quantitative estimate of drug-likeness (QED) is 0.625. The summed E-state index contributed by atoms with van der Waals surface area (Å²) in [6, 6.07) is 12.5. The molecule has 4 rings (SSSR count). The van der Waals surface area contributed by atoms with Crippen molar-refractivity contribution < 1.29 is 19.0 Å².